The Morgan fingerprint density at radius 1 is 0.393 bits per heavy atom. The number of para-hydroxylation sites is 2. The largest absolute Gasteiger partial charge is 0.508 e. The number of hydrogen-bond acceptors (Lipinski definition) is 27. The molecule has 0 unspecified atom stereocenters. The topological polar surface area (TPSA) is 745 Å². The minimum absolute atomic E-state index is 0.0785. The first kappa shape index (κ1) is 100. The molecule has 5 rings (SSSR count). The van der Waals surface area contributed by atoms with Crippen LogP contribution in [0.2, 0.25) is 0 Å². The van der Waals surface area contributed by atoms with Crippen LogP contribution in [0.4, 0.5) is 0 Å². The summed E-state index contributed by atoms with van der Waals surface area (Å²) in [6.45, 7) is -3.50. The quantitative estimate of drug-likeness (QED) is 0.0127. The molecule has 45 nitrogen and oxygen atoms in total. The number of rotatable bonds is 53. The highest BCUT2D eigenvalue weighted by molar-refractivity contribution is 7.80. The Balaban J connectivity index is 1.41. The molecular formula is C75H105N21O24S2. The fourth-order valence-corrected chi connectivity index (χ4v) is 12.5. The fraction of sp³-hybridized carbons (Fsp3) is 0.467. The Morgan fingerprint density at radius 2 is 0.754 bits per heavy atom. The first-order valence-electron chi connectivity index (χ1n) is 38.2. The lowest BCUT2D eigenvalue weighted by molar-refractivity contribution is -0.137. The molecule has 2 heterocycles. The Labute approximate surface area is 707 Å². The Kier molecular flexibility index (Phi) is 41.4. The molecule has 122 heavy (non-hydrogen) atoms. The van der Waals surface area contributed by atoms with Crippen molar-refractivity contribution in [2.75, 3.05) is 57.6 Å². The summed E-state index contributed by atoms with van der Waals surface area (Å²) in [6.07, 6.45) is -2.07. The van der Waals surface area contributed by atoms with Crippen molar-refractivity contribution in [3.05, 3.63) is 102 Å². The summed E-state index contributed by atoms with van der Waals surface area (Å²) in [6, 6.07) is -3.63. The van der Waals surface area contributed by atoms with Gasteiger partial charge in [0.15, 0.2) is 0 Å². The highest BCUT2D eigenvalue weighted by Gasteiger charge is 2.39. The average Bonchev–Trinajstić information content (AvgIpc) is 1.68. The van der Waals surface area contributed by atoms with Crippen molar-refractivity contribution >= 4 is 153 Å². The third kappa shape index (κ3) is 32.2. The smallest absolute Gasteiger partial charge is 0.245 e. The van der Waals surface area contributed by atoms with Gasteiger partial charge in [0.25, 0.3) is 0 Å². The van der Waals surface area contributed by atoms with Crippen LogP contribution in [-0.2, 0) is 106 Å². The second-order valence-electron chi connectivity index (χ2n) is 28.0. The van der Waals surface area contributed by atoms with Crippen LogP contribution >= 0.6 is 25.3 Å². The number of amides is 18. The van der Waals surface area contributed by atoms with Crippen molar-refractivity contribution < 1.29 is 117 Å². The summed E-state index contributed by atoms with van der Waals surface area (Å²) in [4.78, 5) is 249. The van der Waals surface area contributed by atoms with Crippen molar-refractivity contribution in [1.29, 1.82) is 0 Å². The molecule has 31 N–H and O–H groups in total. The zero-order valence-corrected chi connectivity index (χ0v) is 68.1. The van der Waals surface area contributed by atoms with E-state index in [-0.39, 0.29) is 49.3 Å². The number of aliphatic hydroxyl groups is 5. The van der Waals surface area contributed by atoms with Crippen LogP contribution < -0.4 is 103 Å². The molecule has 0 spiro atoms. The molecule has 47 heteroatoms. The van der Waals surface area contributed by atoms with Gasteiger partial charge in [-0.25, -0.2) is 0 Å². The van der Waals surface area contributed by atoms with E-state index < -0.39 is 275 Å². The number of aromatic nitrogens is 2. The molecule has 3 aromatic carbocycles. The van der Waals surface area contributed by atoms with E-state index >= 15 is 4.79 Å². The lowest BCUT2D eigenvalue weighted by Gasteiger charge is -2.28. The van der Waals surface area contributed by atoms with Crippen LogP contribution in [0.3, 0.4) is 0 Å². The van der Waals surface area contributed by atoms with Gasteiger partial charge in [-0.3, -0.25) is 86.3 Å². The number of benzene rings is 3. The number of nitrogens with one attached hydrogen (secondary N) is 17. The molecule has 0 saturated carbocycles. The van der Waals surface area contributed by atoms with Crippen LogP contribution in [0.15, 0.2) is 85.2 Å². The minimum atomic E-state index is -1.96. The van der Waals surface area contributed by atoms with Crippen molar-refractivity contribution in [3.63, 3.8) is 0 Å². The van der Waals surface area contributed by atoms with Gasteiger partial charge in [-0.05, 0) is 86.5 Å². The predicted octanol–water partition coefficient (Wildman–Crippen LogP) is -10.7. The normalized spacial score (nSPS) is 14.5. The van der Waals surface area contributed by atoms with Gasteiger partial charge in [-0.15, -0.1) is 0 Å². The molecule has 0 bridgehead atoms. The van der Waals surface area contributed by atoms with Crippen LogP contribution in [0.1, 0.15) is 75.5 Å². The van der Waals surface area contributed by atoms with Crippen LogP contribution in [-0.4, -0.2) is 289 Å². The molecule has 0 fully saturated rings. The van der Waals surface area contributed by atoms with Gasteiger partial charge >= 0.3 is 0 Å². The van der Waals surface area contributed by atoms with Gasteiger partial charge in [-0.2, -0.15) is 25.3 Å². The van der Waals surface area contributed by atoms with E-state index in [9.17, 15) is 112 Å². The van der Waals surface area contributed by atoms with Gasteiger partial charge in [0.05, 0.1) is 45.6 Å². The lowest BCUT2D eigenvalue weighted by atomic mass is 10.0. The summed E-state index contributed by atoms with van der Waals surface area (Å²) in [5.41, 5.74) is 24.0. The molecule has 0 aliphatic heterocycles. The summed E-state index contributed by atoms with van der Waals surface area (Å²) >= 11 is 8.37. The number of carbonyl (C=O) groups excluding carboxylic acids is 18. The summed E-state index contributed by atoms with van der Waals surface area (Å²) in [7, 11) is 0. The molecular weight excluding hydrogens is 1640 g/mol. The van der Waals surface area contributed by atoms with Gasteiger partial charge in [0.1, 0.15) is 84.3 Å². The van der Waals surface area contributed by atoms with E-state index in [1.807, 2.05) is 0 Å². The van der Waals surface area contributed by atoms with E-state index in [0.29, 0.717) is 32.9 Å². The number of fused-ring (bicyclic) bond motifs is 2. The number of nitrogens with two attached hydrogens (primary N) is 4. The maximum Gasteiger partial charge on any atom is 0.245 e. The molecule has 18 amide bonds. The number of H-pyrrole nitrogens is 2. The number of aromatic amines is 2. The maximum atomic E-state index is 15.1. The molecule has 666 valence electrons. The van der Waals surface area contributed by atoms with E-state index in [2.05, 4.69) is 115 Å². The molecule has 14 atom stereocenters. The van der Waals surface area contributed by atoms with Crippen molar-refractivity contribution in [2.45, 2.75) is 163 Å². The number of carbonyl (C=O) groups is 18. The Morgan fingerprint density at radius 3 is 1.17 bits per heavy atom. The molecule has 0 radical (unpaired) electrons. The number of aliphatic hydroxyl groups excluding tert-OH is 5. The van der Waals surface area contributed by atoms with Crippen LogP contribution in [0, 0.1) is 0 Å². The monoisotopic (exact) mass is 1750 g/mol. The Bertz CT molecular complexity index is 4510. The van der Waals surface area contributed by atoms with Gasteiger partial charge in [0, 0.05) is 84.7 Å². The molecule has 5 aromatic rings. The van der Waals surface area contributed by atoms with Crippen LogP contribution in [0.5, 0.6) is 5.75 Å². The van der Waals surface area contributed by atoms with Crippen molar-refractivity contribution in [3.8, 4) is 5.75 Å². The van der Waals surface area contributed by atoms with E-state index in [4.69, 9.17) is 22.9 Å². The summed E-state index contributed by atoms with van der Waals surface area (Å²) in [5.74, 6) is -20.4. The van der Waals surface area contributed by atoms with Crippen molar-refractivity contribution in [2.24, 2.45) is 22.9 Å². The van der Waals surface area contributed by atoms with E-state index in [0.717, 1.165) is 13.8 Å². The highest BCUT2D eigenvalue weighted by Crippen LogP contribution is 2.22. The number of phenols is 1. The first-order valence-corrected chi connectivity index (χ1v) is 39.5. The molecule has 0 aliphatic rings. The van der Waals surface area contributed by atoms with Gasteiger partial charge in [0.2, 0.25) is 106 Å². The van der Waals surface area contributed by atoms with Crippen LogP contribution in [0.25, 0.3) is 21.8 Å². The number of phenolic OH excluding ortho intramolecular Hbond substituents is 1. The van der Waals surface area contributed by atoms with Gasteiger partial charge in [-0.1, -0.05) is 48.5 Å². The average molecular weight is 1750 g/mol. The van der Waals surface area contributed by atoms with E-state index in [1.54, 1.807) is 48.5 Å². The first-order chi connectivity index (χ1) is 58.0. The highest BCUT2D eigenvalue weighted by atomic mass is 32.1. The number of unbranched alkanes of at least 4 members (excludes halogenated alkanes) is 1. The third-order valence-corrected chi connectivity index (χ3v) is 19.3. The Hall–Kier alpha value is -12.5. The maximum absolute atomic E-state index is 15.1. The minimum Gasteiger partial charge on any atom is -0.508 e. The van der Waals surface area contributed by atoms with Gasteiger partial charge < -0.3 is 143 Å². The third-order valence-electron chi connectivity index (χ3n) is 18.6. The molecule has 0 saturated heterocycles. The van der Waals surface area contributed by atoms with E-state index in [1.165, 1.54) is 36.7 Å². The molecule has 2 aromatic heterocycles. The SMILES string of the molecule is CC(=O)N[C@@H](CS)C(=O)N[C@@H](CO)C(=O)N[C@H](C(=O)N[C@@H](Cc1c[nH]c2ccccc12)C(=O)N[C@@H](CCC(N)=O)C(=O)N[C@@H](CS)C(=O)N[C@@H](Cc1ccc(O)cc1)C(=O)N[C@@H](Cc1c[nH]c2ccccc12)C(=O)N[C@@H](CO)C(=O)N[C@@H](CCCCN)C(=O)N[C@@H](CCC(N)=O)C(=O)N[C@@H](CO)C(=O)NCC(=O)NCC(=O)N[C@@H](CO)C(N)=O)[C@@H](C)O. The predicted molar refractivity (Wildman–Crippen MR) is 439 cm³/mol. The number of primary amides is 3. The second-order valence-corrected chi connectivity index (χ2v) is 28.7. The number of thiol groups is 2. The summed E-state index contributed by atoms with van der Waals surface area (Å²) in [5, 5.41) is 97.6. The number of aromatic hydroxyl groups is 1. The molecule has 0 aliphatic carbocycles. The summed E-state index contributed by atoms with van der Waals surface area (Å²) < 4.78 is 0. The second kappa shape index (κ2) is 50.5. The number of hydrogen-bond donors (Lipinski definition) is 29. The standard InChI is InChI=1S/C75H105N21O24S2/c1-36(101)62(96-72(117)55(33-100)94-73(118)56(34-121)84-37(2)102)75(120)91-51(25-40-27-81-45-12-6-4-10-43(40)45)69(114)88-48(19-21-59(78)105)67(112)95-57(35-122)74(119)89-49(23-38-14-16-41(103)17-15-38)68(113)90-50(24-39-26-80-44-11-5-3-9-42(39)44)70(115)93-54(32-99)71(116)86-46(13-7-8-22-76)65(110)87-47(18-20-58(77)104)66(111)92-53(31-98)64(109)83-28-60(106)82-29-61(107)85-52(30-97)63(79)108/h3-6,9-12,14-17,26-27,36,46-57,62,80-81,97-101,103,121-122H,7-8,13,18-25,28-35,76H2,1-2H3,(H2,77,104)(H2,78,105)(H2,79,108)(H,82,106)(H,83,109)(H,84,102)(H,85,107)(H,86,116)(H,87,110)(H,88,114)(H,89,119)(H,90,113)(H,91,120)(H,92,111)(H,93,115)(H,94,118)(H,95,112)(H,96,117)/t36-,46+,47+,48+,49+,50+,51+,52+,53+,54+,55+,56+,57+,62+/m1/s1. The lowest BCUT2D eigenvalue weighted by Crippen LogP contribution is -2.62. The zero-order chi connectivity index (χ0) is 90.4. The van der Waals surface area contributed by atoms with Crippen molar-refractivity contribution in [1.82, 2.24) is 89.7 Å². The fourth-order valence-electron chi connectivity index (χ4n) is 12.0. The zero-order valence-electron chi connectivity index (χ0n) is 66.3.